The van der Waals surface area contributed by atoms with Crippen LogP contribution in [0.2, 0.25) is 0 Å². The molecule has 1 aromatic carbocycles. The Kier molecular flexibility index (Phi) is 4.79. The fourth-order valence-electron chi connectivity index (χ4n) is 3.91. The molecular weight excluding hydrogens is 356 g/mol. The van der Waals surface area contributed by atoms with E-state index in [2.05, 4.69) is 0 Å². The maximum absolute atomic E-state index is 12.9. The van der Waals surface area contributed by atoms with Crippen LogP contribution in [0.3, 0.4) is 0 Å². The Morgan fingerprint density at radius 1 is 0.962 bits per heavy atom. The average Bonchev–Trinajstić information content (AvgIpc) is 3.22. The number of carbonyl (C=O) groups is 1. The first-order valence-electron chi connectivity index (χ1n) is 9.24. The second-order valence-corrected chi connectivity index (χ2v) is 8.95. The molecular formula is C18H24N2O5S. The lowest BCUT2D eigenvalue weighted by Gasteiger charge is -2.35. The Morgan fingerprint density at radius 2 is 1.62 bits per heavy atom. The molecule has 142 valence electrons. The molecule has 1 saturated heterocycles. The van der Waals surface area contributed by atoms with E-state index >= 15 is 0 Å². The van der Waals surface area contributed by atoms with Gasteiger partial charge in [-0.25, -0.2) is 8.42 Å². The lowest BCUT2D eigenvalue weighted by molar-refractivity contribution is -0.136. The lowest BCUT2D eigenvalue weighted by atomic mass is 10.1. The molecule has 1 amide bonds. The molecule has 7 nitrogen and oxygen atoms in total. The number of sulfonamides is 1. The van der Waals surface area contributed by atoms with Gasteiger partial charge in [-0.3, -0.25) is 4.79 Å². The van der Waals surface area contributed by atoms with Crippen molar-refractivity contribution < 1.29 is 22.7 Å². The van der Waals surface area contributed by atoms with Crippen LogP contribution < -0.4 is 9.47 Å². The van der Waals surface area contributed by atoms with Gasteiger partial charge < -0.3 is 14.4 Å². The van der Waals surface area contributed by atoms with E-state index in [1.54, 1.807) is 12.1 Å². The predicted octanol–water partition coefficient (Wildman–Crippen LogP) is 1.48. The van der Waals surface area contributed by atoms with Crippen molar-refractivity contribution in [2.75, 3.05) is 39.4 Å². The topological polar surface area (TPSA) is 76.2 Å². The molecule has 0 radical (unpaired) electrons. The lowest BCUT2D eigenvalue weighted by Crippen LogP contribution is -2.51. The third-order valence-electron chi connectivity index (χ3n) is 5.41. The van der Waals surface area contributed by atoms with Crippen LogP contribution in [-0.2, 0) is 14.8 Å². The number of benzene rings is 1. The quantitative estimate of drug-likeness (QED) is 0.794. The van der Waals surface area contributed by atoms with Crippen LogP contribution in [0.5, 0.6) is 11.5 Å². The minimum absolute atomic E-state index is 0.135. The molecule has 0 spiro atoms. The molecule has 0 aromatic heterocycles. The Balaban J connectivity index is 1.44. The van der Waals surface area contributed by atoms with Gasteiger partial charge in [0, 0.05) is 38.2 Å². The summed E-state index contributed by atoms with van der Waals surface area (Å²) >= 11 is 0. The fraction of sp³-hybridized carbons (Fsp3) is 0.611. The summed E-state index contributed by atoms with van der Waals surface area (Å²) in [6.07, 6.45) is 4.17. The standard InChI is InChI=1S/C18H24N2O5S/c21-18(14-3-1-2-4-14)19-7-9-20(10-8-19)26(22,23)15-5-6-16-17(13-15)25-12-11-24-16/h5-6,13-14H,1-4,7-12H2. The molecule has 8 heteroatoms. The molecule has 2 aliphatic heterocycles. The highest BCUT2D eigenvalue weighted by molar-refractivity contribution is 7.89. The van der Waals surface area contributed by atoms with Gasteiger partial charge in [-0.1, -0.05) is 12.8 Å². The van der Waals surface area contributed by atoms with Crippen molar-refractivity contribution in [2.45, 2.75) is 30.6 Å². The zero-order valence-corrected chi connectivity index (χ0v) is 15.5. The highest BCUT2D eigenvalue weighted by Crippen LogP contribution is 2.33. The summed E-state index contributed by atoms with van der Waals surface area (Å²) in [4.78, 5) is 14.5. The summed E-state index contributed by atoms with van der Waals surface area (Å²) in [7, 11) is -3.60. The Hall–Kier alpha value is -1.80. The zero-order chi connectivity index (χ0) is 18.1. The molecule has 1 aromatic rings. The average molecular weight is 380 g/mol. The Labute approximate surface area is 153 Å². The molecule has 3 aliphatic rings. The number of hydrogen-bond donors (Lipinski definition) is 0. The van der Waals surface area contributed by atoms with E-state index < -0.39 is 10.0 Å². The molecule has 1 aliphatic carbocycles. The van der Waals surface area contributed by atoms with E-state index in [0.29, 0.717) is 50.9 Å². The van der Waals surface area contributed by atoms with Crippen molar-refractivity contribution in [3.63, 3.8) is 0 Å². The summed E-state index contributed by atoms with van der Waals surface area (Å²) in [5, 5.41) is 0. The first-order chi connectivity index (χ1) is 12.6. The molecule has 2 heterocycles. The van der Waals surface area contributed by atoms with Crippen LogP contribution in [-0.4, -0.2) is 62.9 Å². The van der Waals surface area contributed by atoms with E-state index in [1.165, 1.54) is 10.4 Å². The van der Waals surface area contributed by atoms with Crippen LogP contribution in [0.4, 0.5) is 0 Å². The van der Waals surface area contributed by atoms with Crippen molar-refractivity contribution in [3.05, 3.63) is 18.2 Å². The van der Waals surface area contributed by atoms with Crippen molar-refractivity contribution in [3.8, 4) is 11.5 Å². The third-order valence-corrected chi connectivity index (χ3v) is 7.30. The first kappa shape index (κ1) is 17.6. The minimum Gasteiger partial charge on any atom is -0.486 e. The van der Waals surface area contributed by atoms with E-state index in [9.17, 15) is 13.2 Å². The Bertz CT molecular complexity index is 781. The highest BCUT2D eigenvalue weighted by Gasteiger charge is 2.33. The van der Waals surface area contributed by atoms with Crippen molar-refractivity contribution in [1.82, 2.24) is 9.21 Å². The number of piperazine rings is 1. The molecule has 0 unspecified atom stereocenters. The molecule has 0 atom stereocenters. The van der Waals surface area contributed by atoms with Gasteiger partial charge in [0.15, 0.2) is 11.5 Å². The zero-order valence-electron chi connectivity index (χ0n) is 14.7. The van der Waals surface area contributed by atoms with E-state index in [4.69, 9.17) is 9.47 Å². The van der Waals surface area contributed by atoms with Gasteiger partial charge in [-0.05, 0) is 25.0 Å². The maximum atomic E-state index is 12.9. The number of hydrogen-bond acceptors (Lipinski definition) is 5. The number of nitrogens with zero attached hydrogens (tertiary/aromatic N) is 2. The van der Waals surface area contributed by atoms with E-state index in [0.717, 1.165) is 25.7 Å². The Morgan fingerprint density at radius 3 is 2.31 bits per heavy atom. The summed E-state index contributed by atoms with van der Waals surface area (Å²) < 4.78 is 38.3. The van der Waals surface area contributed by atoms with Gasteiger partial charge >= 0.3 is 0 Å². The maximum Gasteiger partial charge on any atom is 0.243 e. The van der Waals surface area contributed by atoms with Gasteiger partial charge in [0.25, 0.3) is 0 Å². The number of rotatable bonds is 3. The van der Waals surface area contributed by atoms with Crippen LogP contribution in [0.25, 0.3) is 0 Å². The molecule has 26 heavy (non-hydrogen) atoms. The molecule has 0 N–H and O–H groups in total. The SMILES string of the molecule is O=C(C1CCCC1)N1CCN(S(=O)(=O)c2ccc3c(c2)OCCO3)CC1. The number of amides is 1. The number of fused-ring (bicyclic) bond motifs is 1. The summed E-state index contributed by atoms with van der Waals surface area (Å²) in [6, 6.07) is 4.72. The van der Waals surface area contributed by atoms with Gasteiger partial charge in [0.05, 0.1) is 4.90 Å². The minimum atomic E-state index is -3.60. The second kappa shape index (κ2) is 7.08. The van der Waals surface area contributed by atoms with Crippen molar-refractivity contribution in [2.24, 2.45) is 5.92 Å². The van der Waals surface area contributed by atoms with Gasteiger partial charge in [0.1, 0.15) is 13.2 Å². The second-order valence-electron chi connectivity index (χ2n) is 7.02. The number of carbonyl (C=O) groups excluding carboxylic acids is 1. The highest BCUT2D eigenvalue weighted by atomic mass is 32.2. The monoisotopic (exact) mass is 380 g/mol. The predicted molar refractivity (Wildman–Crippen MR) is 94.7 cm³/mol. The van der Waals surface area contributed by atoms with Crippen LogP contribution >= 0.6 is 0 Å². The number of ether oxygens (including phenoxy) is 2. The van der Waals surface area contributed by atoms with Gasteiger partial charge in [-0.15, -0.1) is 0 Å². The van der Waals surface area contributed by atoms with E-state index in [1.807, 2.05) is 4.90 Å². The summed E-state index contributed by atoms with van der Waals surface area (Å²) in [5.41, 5.74) is 0. The first-order valence-corrected chi connectivity index (χ1v) is 10.7. The third kappa shape index (κ3) is 3.27. The van der Waals surface area contributed by atoms with Crippen LogP contribution in [0.15, 0.2) is 23.1 Å². The fourth-order valence-corrected chi connectivity index (χ4v) is 5.35. The van der Waals surface area contributed by atoms with Crippen LogP contribution in [0.1, 0.15) is 25.7 Å². The summed E-state index contributed by atoms with van der Waals surface area (Å²) in [5.74, 6) is 1.37. The van der Waals surface area contributed by atoms with Crippen molar-refractivity contribution >= 4 is 15.9 Å². The summed E-state index contributed by atoms with van der Waals surface area (Å²) in [6.45, 7) is 2.46. The largest absolute Gasteiger partial charge is 0.486 e. The van der Waals surface area contributed by atoms with Crippen LogP contribution in [0, 0.1) is 5.92 Å². The van der Waals surface area contributed by atoms with E-state index in [-0.39, 0.29) is 16.7 Å². The van der Waals surface area contributed by atoms with Gasteiger partial charge in [0.2, 0.25) is 15.9 Å². The molecule has 2 fully saturated rings. The normalized spacial score (nSPS) is 21.8. The smallest absolute Gasteiger partial charge is 0.243 e. The van der Waals surface area contributed by atoms with Crippen molar-refractivity contribution in [1.29, 1.82) is 0 Å². The van der Waals surface area contributed by atoms with Gasteiger partial charge in [-0.2, -0.15) is 4.31 Å². The molecule has 0 bridgehead atoms. The molecule has 4 rings (SSSR count). The molecule has 1 saturated carbocycles.